The molecule has 16 heavy (non-hydrogen) atoms. The molecule has 0 heterocycles. The summed E-state index contributed by atoms with van der Waals surface area (Å²) < 4.78 is 0. The molecule has 1 heteroatoms. The van der Waals surface area contributed by atoms with E-state index >= 15 is 0 Å². The fourth-order valence-corrected chi connectivity index (χ4v) is 2.44. The first-order valence-corrected chi connectivity index (χ1v) is 5.48. The standard InChI is InChI=1S/C15H12O/c1-10-8-12(16)9-15-13(10)7-6-11-4-2-3-5-14(11)15/h2-8H,9H2,1H3. The average Bonchev–Trinajstić information content (AvgIpc) is 2.28. The summed E-state index contributed by atoms with van der Waals surface area (Å²) in [5.41, 5.74) is 3.48. The predicted molar refractivity (Wildman–Crippen MR) is 66.3 cm³/mol. The molecular formula is C15H12O. The molecule has 78 valence electrons. The lowest BCUT2D eigenvalue weighted by molar-refractivity contribution is -0.114. The van der Waals surface area contributed by atoms with Crippen LogP contribution in [0.3, 0.4) is 0 Å². The van der Waals surface area contributed by atoms with Crippen LogP contribution >= 0.6 is 0 Å². The Hall–Kier alpha value is -1.89. The number of ketones is 1. The van der Waals surface area contributed by atoms with E-state index in [1.807, 2.05) is 19.1 Å². The third-order valence-electron chi connectivity index (χ3n) is 3.19. The Bertz CT molecular complexity index is 620. The van der Waals surface area contributed by atoms with Crippen LogP contribution in [-0.2, 0) is 11.2 Å². The van der Waals surface area contributed by atoms with E-state index < -0.39 is 0 Å². The fraction of sp³-hybridized carbons (Fsp3) is 0.133. The molecule has 1 nitrogen and oxygen atoms in total. The molecule has 1 aliphatic carbocycles. The molecule has 0 amide bonds. The predicted octanol–water partition coefficient (Wildman–Crippen LogP) is 3.37. The molecule has 0 aromatic heterocycles. The van der Waals surface area contributed by atoms with Gasteiger partial charge >= 0.3 is 0 Å². The summed E-state index contributed by atoms with van der Waals surface area (Å²) in [7, 11) is 0. The zero-order valence-electron chi connectivity index (χ0n) is 9.16. The highest BCUT2D eigenvalue weighted by Gasteiger charge is 2.16. The third-order valence-corrected chi connectivity index (χ3v) is 3.19. The van der Waals surface area contributed by atoms with E-state index in [9.17, 15) is 4.79 Å². The number of carbonyl (C=O) groups is 1. The summed E-state index contributed by atoms with van der Waals surface area (Å²) in [5.74, 6) is 0.210. The molecule has 0 aliphatic heterocycles. The highest BCUT2D eigenvalue weighted by atomic mass is 16.1. The van der Waals surface area contributed by atoms with E-state index in [0.717, 1.165) is 5.57 Å². The number of allylic oxidation sites excluding steroid dienone is 2. The lowest BCUT2D eigenvalue weighted by Gasteiger charge is -2.16. The average molecular weight is 208 g/mol. The quantitative estimate of drug-likeness (QED) is 0.648. The van der Waals surface area contributed by atoms with Gasteiger partial charge in [0, 0.05) is 6.42 Å². The van der Waals surface area contributed by atoms with E-state index in [2.05, 4.69) is 24.3 Å². The van der Waals surface area contributed by atoms with Crippen LogP contribution in [0.15, 0.2) is 42.5 Å². The van der Waals surface area contributed by atoms with Gasteiger partial charge in [0.25, 0.3) is 0 Å². The minimum atomic E-state index is 0.210. The summed E-state index contributed by atoms with van der Waals surface area (Å²) in [5, 5.41) is 2.42. The molecule has 0 N–H and O–H groups in total. The minimum Gasteiger partial charge on any atom is -0.294 e. The van der Waals surface area contributed by atoms with Gasteiger partial charge in [0.15, 0.2) is 5.78 Å². The second kappa shape index (κ2) is 3.31. The second-order valence-corrected chi connectivity index (χ2v) is 4.28. The zero-order valence-corrected chi connectivity index (χ0v) is 9.16. The molecule has 0 spiro atoms. The Balaban J connectivity index is 2.40. The number of benzene rings is 2. The molecule has 1 aliphatic rings. The molecule has 0 fully saturated rings. The summed E-state index contributed by atoms with van der Waals surface area (Å²) in [6, 6.07) is 12.5. The van der Waals surface area contributed by atoms with E-state index in [1.165, 1.54) is 21.9 Å². The van der Waals surface area contributed by atoms with E-state index in [0.29, 0.717) is 6.42 Å². The van der Waals surface area contributed by atoms with Gasteiger partial charge in [0.1, 0.15) is 0 Å². The molecule has 0 atom stereocenters. The summed E-state index contributed by atoms with van der Waals surface area (Å²) in [6.45, 7) is 2.00. The maximum Gasteiger partial charge on any atom is 0.160 e. The first kappa shape index (κ1) is 9.34. The Kier molecular flexibility index (Phi) is 1.93. The number of hydrogen-bond acceptors (Lipinski definition) is 1. The molecule has 2 aromatic carbocycles. The molecule has 0 bridgehead atoms. The van der Waals surface area contributed by atoms with Gasteiger partial charge in [-0.15, -0.1) is 0 Å². The van der Waals surface area contributed by atoms with E-state index in [4.69, 9.17) is 0 Å². The van der Waals surface area contributed by atoms with E-state index in [1.54, 1.807) is 6.08 Å². The van der Waals surface area contributed by atoms with Crippen LogP contribution in [0.25, 0.3) is 16.3 Å². The van der Waals surface area contributed by atoms with Crippen molar-refractivity contribution in [2.45, 2.75) is 13.3 Å². The molecule has 0 unspecified atom stereocenters. The van der Waals surface area contributed by atoms with Crippen molar-refractivity contribution in [3.63, 3.8) is 0 Å². The van der Waals surface area contributed by atoms with Crippen molar-refractivity contribution < 1.29 is 4.79 Å². The topological polar surface area (TPSA) is 17.1 Å². The van der Waals surface area contributed by atoms with Gasteiger partial charge in [-0.3, -0.25) is 4.79 Å². The Morgan fingerprint density at radius 3 is 2.75 bits per heavy atom. The summed E-state index contributed by atoms with van der Waals surface area (Å²) >= 11 is 0. The fourth-order valence-electron chi connectivity index (χ4n) is 2.44. The Morgan fingerprint density at radius 1 is 1.06 bits per heavy atom. The molecule has 0 radical (unpaired) electrons. The van der Waals surface area contributed by atoms with Crippen LogP contribution in [-0.4, -0.2) is 5.78 Å². The lowest BCUT2D eigenvalue weighted by atomic mass is 9.87. The maximum absolute atomic E-state index is 11.6. The highest BCUT2D eigenvalue weighted by molar-refractivity contribution is 6.05. The Morgan fingerprint density at radius 2 is 1.88 bits per heavy atom. The van der Waals surface area contributed by atoms with Crippen LogP contribution in [0.1, 0.15) is 18.1 Å². The van der Waals surface area contributed by atoms with Crippen molar-refractivity contribution in [2.24, 2.45) is 0 Å². The molecule has 0 saturated carbocycles. The largest absolute Gasteiger partial charge is 0.294 e. The van der Waals surface area contributed by atoms with Crippen LogP contribution in [0.2, 0.25) is 0 Å². The minimum absolute atomic E-state index is 0.210. The second-order valence-electron chi connectivity index (χ2n) is 4.28. The number of fused-ring (bicyclic) bond motifs is 3. The van der Waals surface area contributed by atoms with Gasteiger partial charge in [0.05, 0.1) is 0 Å². The maximum atomic E-state index is 11.6. The highest BCUT2D eigenvalue weighted by Crippen LogP contribution is 2.30. The first-order valence-electron chi connectivity index (χ1n) is 5.48. The summed E-state index contributed by atoms with van der Waals surface area (Å²) in [4.78, 5) is 11.6. The van der Waals surface area contributed by atoms with E-state index in [-0.39, 0.29) is 5.78 Å². The zero-order chi connectivity index (χ0) is 11.1. The lowest BCUT2D eigenvalue weighted by Crippen LogP contribution is -2.08. The van der Waals surface area contributed by atoms with Gasteiger partial charge in [-0.05, 0) is 40.5 Å². The van der Waals surface area contributed by atoms with Gasteiger partial charge in [-0.25, -0.2) is 0 Å². The monoisotopic (exact) mass is 208 g/mol. The van der Waals surface area contributed by atoms with Crippen molar-refractivity contribution >= 4 is 22.1 Å². The number of carbonyl (C=O) groups excluding carboxylic acids is 1. The van der Waals surface area contributed by atoms with Crippen molar-refractivity contribution in [2.75, 3.05) is 0 Å². The van der Waals surface area contributed by atoms with Crippen LogP contribution in [0.4, 0.5) is 0 Å². The molecule has 2 aromatic rings. The van der Waals surface area contributed by atoms with Gasteiger partial charge in [-0.2, -0.15) is 0 Å². The molecule has 3 rings (SSSR count). The van der Waals surface area contributed by atoms with Crippen molar-refractivity contribution in [1.29, 1.82) is 0 Å². The van der Waals surface area contributed by atoms with Crippen molar-refractivity contribution in [3.05, 3.63) is 53.6 Å². The smallest absolute Gasteiger partial charge is 0.160 e. The molecule has 0 saturated heterocycles. The van der Waals surface area contributed by atoms with Crippen molar-refractivity contribution in [3.8, 4) is 0 Å². The summed E-state index contributed by atoms with van der Waals surface area (Å²) in [6.07, 6.45) is 2.28. The van der Waals surface area contributed by atoms with Gasteiger partial charge in [-0.1, -0.05) is 36.4 Å². The third kappa shape index (κ3) is 1.28. The number of rotatable bonds is 0. The molecular weight excluding hydrogens is 196 g/mol. The van der Waals surface area contributed by atoms with Crippen LogP contribution in [0.5, 0.6) is 0 Å². The first-order chi connectivity index (χ1) is 7.75. The van der Waals surface area contributed by atoms with Gasteiger partial charge in [0.2, 0.25) is 0 Å². The van der Waals surface area contributed by atoms with Gasteiger partial charge < -0.3 is 0 Å². The van der Waals surface area contributed by atoms with Crippen molar-refractivity contribution in [1.82, 2.24) is 0 Å². The Labute approximate surface area is 94.4 Å². The SMILES string of the molecule is CC1=CC(=O)Cc2c1ccc1ccccc21. The number of hydrogen-bond donors (Lipinski definition) is 0. The normalized spacial score (nSPS) is 14.8. The van der Waals surface area contributed by atoms with Crippen LogP contribution in [0, 0.1) is 0 Å². The van der Waals surface area contributed by atoms with Crippen LogP contribution < -0.4 is 0 Å².